The molecule has 0 spiro atoms. The monoisotopic (exact) mass is 469 g/mol. The van der Waals surface area contributed by atoms with Crippen molar-refractivity contribution in [1.82, 2.24) is 0 Å². The van der Waals surface area contributed by atoms with E-state index in [-0.39, 0.29) is 11.5 Å². The van der Waals surface area contributed by atoms with Crippen LogP contribution in [0.25, 0.3) is 0 Å². The van der Waals surface area contributed by atoms with Gasteiger partial charge in [0.15, 0.2) is 0 Å². The first kappa shape index (κ1) is 22.1. The highest BCUT2D eigenvalue weighted by molar-refractivity contribution is 6.31. The molecule has 0 aromatic heterocycles. The highest BCUT2D eigenvalue weighted by Crippen LogP contribution is 2.34. The maximum absolute atomic E-state index is 10.1. The number of halogens is 2. The van der Waals surface area contributed by atoms with Crippen LogP contribution >= 0.6 is 23.2 Å². The van der Waals surface area contributed by atoms with E-state index in [0.29, 0.717) is 45.8 Å². The Kier molecular flexibility index (Phi) is 6.95. The second-order valence-electron chi connectivity index (χ2n) is 7.20. The Morgan fingerprint density at radius 2 is 1.38 bits per heavy atom. The molecule has 164 valence electrons. The SMILES string of the molecule is Oc1ccc(Cl)cc1C=Nc1ccc(N2CCOCC2)c(N=Cc2cc(Cl)ccc2O)c1. The van der Waals surface area contributed by atoms with Crippen molar-refractivity contribution < 1.29 is 14.9 Å². The standard InChI is InChI=1S/C24H21Cl2N3O3/c25-18-1-5-23(30)16(11-18)14-27-20-3-4-22(29-7-9-32-10-8-29)21(13-20)28-15-17-12-19(26)2-6-24(17)31/h1-6,11-15,30-31H,7-10H2. The van der Waals surface area contributed by atoms with Crippen LogP contribution < -0.4 is 4.90 Å². The smallest absolute Gasteiger partial charge is 0.124 e. The Balaban J connectivity index is 1.69. The number of nitrogens with zero attached hydrogens (tertiary/aromatic N) is 3. The average Bonchev–Trinajstić information content (AvgIpc) is 2.81. The van der Waals surface area contributed by atoms with Gasteiger partial charge in [0, 0.05) is 46.7 Å². The van der Waals surface area contributed by atoms with E-state index in [4.69, 9.17) is 27.9 Å². The number of hydrogen-bond acceptors (Lipinski definition) is 6. The second kappa shape index (κ2) is 10.0. The number of rotatable bonds is 5. The van der Waals surface area contributed by atoms with E-state index in [9.17, 15) is 10.2 Å². The van der Waals surface area contributed by atoms with Crippen LogP contribution in [0, 0.1) is 0 Å². The van der Waals surface area contributed by atoms with Gasteiger partial charge in [-0.25, -0.2) is 0 Å². The Labute approximate surface area is 196 Å². The molecule has 3 aromatic carbocycles. The minimum absolute atomic E-state index is 0.0941. The lowest BCUT2D eigenvalue weighted by Crippen LogP contribution is -2.36. The first-order valence-corrected chi connectivity index (χ1v) is 10.8. The van der Waals surface area contributed by atoms with Crippen molar-refractivity contribution in [3.63, 3.8) is 0 Å². The zero-order valence-corrected chi connectivity index (χ0v) is 18.6. The summed E-state index contributed by atoms with van der Waals surface area (Å²) in [7, 11) is 0. The number of hydrogen-bond donors (Lipinski definition) is 2. The molecule has 2 N–H and O–H groups in total. The van der Waals surface area contributed by atoms with Crippen LogP contribution in [-0.4, -0.2) is 48.9 Å². The first-order valence-electron chi connectivity index (χ1n) is 10.0. The molecule has 0 unspecified atom stereocenters. The van der Waals surface area contributed by atoms with Crippen LogP contribution in [0.15, 0.2) is 64.6 Å². The lowest BCUT2D eigenvalue weighted by atomic mass is 10.2. The Bertz CT molecular complexity index is 1180. The first-order chi connectivity index (χ1) is 15.5. The van der Waals surface area contributed by atoms with Crippen LogP contribution in [0.3, 0.4) is 0 Å². The number of phenolic OH excluding ortho intramolecular Hbond substituents is 2. The molecule has 0 saturated carbocycles. The third-order valence-electron chi connectivity index (χ3n) is 4.99. The fourth-order valence-electron chi connectivity index (χ4n) is 3.31. The third-order valence-corrected chi connectivity index (χ3v) is 5.46. The van der Waals surface area contributed by atoms with E-state index in [2.05, 4.69) is 14.9 Å². The van der Waals surface area contributed by atoms with Crippen molar-refractivity contribution in [3.8, 4) is 11.5 Å². The van der Waals surface area contributed by atoms with E-state index in [1.54, 1.807) is 36.7 Å². The zero-order chi connectivity index (χ0) is 22.5. The summed E-state index contributed by atoms with van der Waals surface area (Å²) in [6, 6.07) is 15.3. The number of aromatic hydroxyl groups is 2. The summed E-state index contributed by atoms with van der Waals surface area (Å²) < 4.78 is 5.47. The van der Waals surface area contributed by atoms with E-state index in [1.165, 1.54) is 12.1 Å². The molecule has 1 heterocycles. The maximum Gasteiger partial charge on any atom is 0.124 e. The molecule has 0 radical (unpaired) electrons. The molecule has 1 aliphatic heterocycles. The predicted octanol–water partition coefficient (Wildman–Crippen LogP) is 5.74. The molecule has 0 atom stereocenters. The topological polar surface area (TPSA) is 77.7 Å². The molecule has 3 aromatic rings. The summed E-state index contributed by atoms with van der Waals surface area (Å²) in [6.45, 7) is 2.80. The van der Waals surface area contributed by atoms with Crippen LogP contribution in [-0.2, 0) is 4.74 Å². The Morgan fingerprint density at radius 1 is 0.781 bits per heavy atom. The van der Waals surface area contributed by atoms with Gasteiger partial charge in [-0.05, 0) is 54.6 Å². The summed E-state index contributed by atoms with van der Waals surface area (Å²) in [5, 5.41) is 21.1. The Hall–Kier alpha value is -3.06. The van der Waals surface area contributed by atoms with Gasteiger partial charge in [-0.15, -0.1) is 0 Å². The van der Waals surface area contributed by atoms with Gasteiger partial charge in [0.05, 0.1) is 30.3 Å². The molecule has 6 nitrogen and oxygen atoms in total. The van der Waals surface area contributed by atoms with Crippen molar-refractivity contribution >= 4 is 52.7 Å². The van der Waals surface area contributed by atoms with Gasteiger partial charge in [0.1, 0.15) is 11.5 Å². The second-order valence-corrected chi connectivity index (χ2v) is 8.07. The van der Waals surface area contributed by atoms with Gasteiger partial charge in [-0.3, -0.25) is 9.98 Å². The van der Waals surface area contributed by atoms with Crippen LogP contribution in [0.4, 0.5) is 17.1 Å². The average molecular weight is 470 g/mol. The van der Waals surface area contributed by atoms with Crippen molar-refractivity contribution in [1.29, 1.82) is 0 Å². The molecule has 0 aliphatic carbocycles. The molecule has 0 amide bonds. The molecule has 1 saturated heterocycles. The number of aliphatic imine (C=N–C) groups is 2. The fraction of sp³-hybridized carbons (Fsp3) is 0.167. The summed E-state index contributed by atoms with van der Waals surface area (Å²) in [5.74, 6) is 0.189. The number of benzene rings is 3. The highest BCUT2D eigenvalue weighted by Gasteiger charge is 2.15. The van der Waals surface area contributed by atoms with Gasteiger partial charge >= 0.3 is 0 Å². The molecule has 4 rings (SSSR count). The lowest BCUT2D eigenvalue weighted by Gasteiger charge is -2.29. The molecular weight excluding hydrogens is 449 g/mol. The summed E-state index contributed by atoms with van der Waals surface area (Å²) in [6.07, 6.45) is 3.14. The molecular formula is C24H21Cl2N3O3. The van der Waals surface area contributed by atoms with Gasteiger partial charge in [0.25, 0.3) is 0 Å². The number of phenols is 2. The van der Waals surface area contributed by atoms with Crippen LogP contribution in [0.2, 0.25) is 10.0 Å². The van der Waals surface area contributed by atoms with E-state index >= 15 is 0 Å². The zero-order valence-electron chi connectivity index (χ0n) is 17.1. The van der Waals surface area contributed by atoms with Crippen molar-refractivity contribution in [3.05, 3.63) is 75.8 Å². The van der Waals surface area contributed by atoms with Crippen LogP contribution in [0.1, 0.15) is 11.1 Å². The van der Waals surface area contributed by atoms with Gasteiger partial charge in [-0.1, -0.05) is 23.2 Å². The minimum atomic E-state index is 0.0941. The highest BCUT2D eigenvalue weighted by atomic mass is 35.5. The quantitative estimate of drug-likeness (QED) is 0.466. The van der Waals surface area contributed by atoms with Crippen molar-refractivity contribution in [2.24, 2.45) is 9.98 Å². The normalized spacial score (nSPS) is 14.5. The minimum Gasteiger partial charge on any atom is -0.507 e. The van der Waals surface area contributed by atoms with Crippen LogP contribution in [0.5, 0.6) is 11.5 Å². The van der Waals surface area contributed by atoms with E-state index in [0.717, 1.165) is 18.8 Å². The molecule has 1 fully saturated rings. The summed E-state index contributed by atoms with van der Waals surface area (Å²) in [5.41, 5.74) is 3.32. The third kappa shape index (κ3) is 5.40. The van der Waals surface area contributed by atoms with Gasteiger partial charge in [-0.2, -0.15) is 0 Å². The molecule has 0 bridgehead atoms. The molecule has 1 aliphatic rings. The Morgan fingerprint density at radius 3 is 2.00 bits per heavy atom. The maximum atomic E-state index is 10.1. The summed E-state index contributed by atoms with van der Waals surface area (Å²) >= 11 is 12.1. The predicted molar refractivity (Wildman–Crippen MR) is 130 cm³/mol. The van der Waals surface area contributed by atoms with Crippen molar-refractivity contribution in [2.45, 2.75) is 0 Å². The van der Waals surface area contributed by atoms with Crippen molar-refractivity contribution in [2.75, 3.05) is 31.2 Å². The largest absolute Gasteiger partial charge is 0.507 e. The number of ether oxygens (including phenoxy) is 1. The van der Waals surface area contributed by atoms with E-state index in [1.807, 2.05) is 18.2 Å². The summed E-state index contributed by atoms with van der Waals surface area (Å²) in [4.78, 5) is 11.3. The molecule has 32 heavy (non-hydrogen) atoms. The fourth-order valence-corrected chi connectivity index (χ4v) is 3.67. The number of morpholine rings is 1. The van der Waals surface area contributed by atoms with Gasteiger partial charge in [0.2, 0.25) is 0 Å². The number of anilines is 1. The van der Waals surface area contributed by atoms with E-state index < -0.39 is 0 Å². The van der Waals surface area contributed by atoms with Gasteiger partial charge < -0.3 is 19.8 Å². The molecule has 8 heteroatoms. The lowest BCUT2D eigenvalue weighted by molar-refractivity contribution is 0.123.